The van der Waals surface area contributed by atoms with Crippen molar-refractivity contribution < 1.29 is 19.1 Å². The highest BCUT2D eigenvalue weighted by Gasteiger charge is 2.77. The van der Waals surface area contributed by atoms with Gasteiger partial charge in [0, 0.05) is 6.42 Å². The predicted octanol–water partition coefficient (Wildman–Crippen LogP) is 0.335. The van der Waals surface area contributed by atoms with Crippen molar-refractivity contribution in [1.29, 1.82) is 0 Å². The smallest absolute Gasteiger partial charge is 0.323 e. The number of carbonyl (C=O) groups excluding carboxylic acids is 2. The van der Waals surface area contributed by atoms with Crippen LogP contribution in [0.3, 0.4) is 0 Å². The summed E-state index contributed by atoms with van der Waals surface area (Å²) in [6.07, 6.45) is 3.06. The van der Waals surface area contributed by atoms with Crippen molar-refractivity contribution in [3.05, 3.63) is 6.42 Å². The summed E-state index contributed by atoms with van der Waals surface area (Å²) in [5, 5.41) is 0. The zero-order valence-electron chi connectivity index (χ0n) is 7.99. The van der Waals surface area contributed by atoms with Crippen molar-refractivity contribution in [3.8, 4) is 0 Å². The summed E-state index contributed by atoms with van der Waals surface area (Å²) in [7, 11) is 0. The minimum Gasteiger partial charge on any atom is -0.392 e. The van der Waals surface area contributed by atoms with Gasteiger partial charge in [-0.2, -0.15) is 0 Å². The molecule has 4 nitrogen and oxygen atoms in total. The number of cyclic esters (lactones) is 2. The third kappa shape index (κ3) is 0.557. The normalized spacial score (nSPS) is 55.0. The summed E-state index contributed by atoms with van der Waals surface area (Å²) in [6.45, 7) is 3.49. The maximum atomic E-state index is 11.6. The number of esters is 2. The van der Waals surface area contributed by atoms with E-state index in [0.717, 1.165) is 0 Å². The number of ether oxygens (including phenoxy) is 2. The largest absolute Gasteiger partial charge is 0.392 e. The molecule has 4 atom stereocenters. The average molecular weight is 194 g/mol. The highest BCUT2D eigenvalue weighted by atomic mass is 16.6. The number of carbonyl (C=O) groups is 2. The van der Waals surface area contributed by atoms with E-state index in [1.165, 1.54) is 0 Å². The minimum absolute atomic E-state index is 0.239. The molecule has 0 saturated carbocycles. The minimum atomic E-state index is -0.854. The predicted molar refractivity (Wildman–Crippen MR) is 43.8 cm³/mol. The van der Waals surface area contributed by atoms with Gasteiger partial charge < -0.3 is 9.47 Å². The van der Waals surface area contributed by atoms with Gasteiger partial charge in [-0.3, -0.25) is 9.59 Å². The first kappa shape index (κ1) is 8.41. The molecule has 14 heavy (non-hydrogen) atoms. The zero-order valence-corrected chi connectivity index (χ0v) is 7.99. The standard InChI is InChI=1S/C10H10O4/c1-9-5-3-4-6(13-5)10(9,2)8(12)14-7(9)11/h5-6H,3H2,1-2H3. The fourth-order valence-corrected chi connectivity index (χ4v) is 2.72. The molecule has 3 aliphatic heterocycles. The molecule has 2 radical (unpaired) electrons. The van der Waals surface area contributed by atoms with Crippen LogP contribution in [0.5, 0.6) is 0 Å². The van der Waals surface area contributed by atoms with Gasteiger partial charge in [-0.05, 0) is 20.3 Å². The van der Waals surface area contributed by atoms with E-state index in [4.69, 9.17) is 9.47 Å². The van der Waals surface area contributed by atoms with Crippen LogP contribution in [0.1, 0.15) is 20.3 Å². The molecule has 4 unspecified atom stereocenters. The van der Waals surface area contributed by atoms with Crippen LogP contribution >= 0.6 is 0 Å². The van der Waals surface area contributed by atoms with Crippen LogP contribution in [-0.2, 0) is 19.1 Å². The van der Waals surface area contributed by atoms with E-state index in [9.17, 15) is 9.59 Å². The Morgan fingerprint density at radius 3 is 2.57 bits per heavy atom. The molecule has 0 aliphatic carbocycles. The molecule has 2 bridgehead atoms. The van der Waals surface area contributed by atoms with Crippen molar-refractivity contribution in [1.82, 2.24) is 0 Å². The maximum absolute atomic E-state index is 11.6. The first-order valence-corrected chi connectivity index (χ1v) is 4.67. The molecule has 3 aliphatic rings. The monoisotopic (exact) mass is 194 g/mol. The Morgan fingerprint density at radius 1 is 1.29 bits per heavy atom. The molecule has 3 saturated heterocycles. The summed E-state index contributed by atoms with van der Waals surface area (Å²) in [5.74, 6) is -0.913. The summed E-state index contributed by atoms with van der Waals surface area (Å²) in [5.41, 5.74) is -1.66. The van der Waals surface area contributed by atoms with E-state index in [1.807, 2.05) is 0 Å². The molecule has 4 heteroatoms. The number of fused-ring (bicyclic) bond motifs is 5. The second-order valence-corrected chi connectivity index (χ2v) is 4.49. The molecule has 3 fully saturated rings. The van der Waals surface area contributed by atoms with Gasteiger partial charge >= 0.3 is 11.9 Å². The van der Waals surface area contributed by atoms with Crippen LogP contribution in [0.4, 0.5) is 0 Å². The van der Waals surface area contributed by atoms with Crippen LogP contribution in [0.2, 0.25) is 0 Å². The molecule has 0 N–H and O–H groups in total. The molecular weight excluding hydrogens is 184 g/mol. The molecule has 0 aromatic rings. The summed E-state index contributed by atoms with van der Waals surface area (Å²) in [6, 6.07) is 0. The van der Waals surface area contributed by atoms with Gasteiger partial charge in [-0.1, -0.05) is 0 Å². The second-order valence-electron chi connectivity index (χ2n) is 4.49. The van der Waals surface area contributed by atoms with Crippen LogP contribution in [0, 0.1) is 17.3 Å². The number of rotatable bonds is 0. The Balaban J connectivity index is 2.21. The van der Waals surface area contributed by atoms with Crippen LogP contribution < -0.4 is 0 Å². The molecule has 0 aromatic heterocycles. The van der Waals surface area contributed by atoms with Crippen LogP contribution in [0.15, 0.2) is 0 Å². The SMILES string of the molecule is CC12C(=O)OC(=O)C1(C)C1C[C]C2O1. The van der Waals surface area contributed by atoms with Gasteiger partial charge in [-0.25, -0.2) is 0 Å². The molecule has 0 amide bonds. The van der Waals surface area contributed by atoms with Gasteiger partial charge in [0.15, 0.2) is 0 Å². The van der Waals surface area contributed by atoms with Gasteiger partial charge in [-0.15, -0.1) is 0 Å². The van der Waals surface area contributed by atoms with Gasteiger partial charge in [0.1, 0.15) is 10.8 Å². The van der Waals surface area contributed by atoms with Gasteiger partial charge in [0.05, 0.1) is 12.2 Å². The Labute approximate surface area is 81.6 Å². The average Bonchev–Trinajstić information content (AvgIpc) is 2.73. The fraction of sp³-hybridized carbons (Fsp3) is 0.700. The van der Waals surface area contributed by atoms with E-state index < -0.39 is 22.8 Å². The Kier molecular flexibility index (Phi) is 1.22. The molecule has 3 heterocycles. The molecule has 74 valence electrons. The highest BCUT2D eigenvalue weighted by molar-refractivity contribution is 6.03. The lowest BCUT2D eigenvalue weighted by Crippen LogP contribution is -2.48. The quantitative estimate of drug-likeness (QED) is 0.412. The van der Waals surface area contributed by atoms with Crippen LogP contribution in [0.25, 0.3) is 0 Å². The molecular formula is C10H10O4. The number of hydrogen-bond donors (Lipinski definition) is 0. The topological polar surface area (TPSA) is 52.6 Å². The van der Waals surface area contributed by atoms with E-state index in [1.54, 1.807) is 13.8 Å². The lowest BCUT2D eigenvalue weighted by molar-refractivity contribution is -0.159. The Morgan fingerprint density at radius 2 is 1.93 bits per heavy atom. The van der Waals surface area contributed by atoms with E-state index in [-0.39, 0.29) is 12.2 Å². The Bertz CT molecular complexity index is 318. The molecule has 0 spiro atoms. The first-order valence-electron chi connectivity index (χ1n) is 4.67. The molecule has 3 rings (SSSR count). The second kappa shape index (κ2) is 2.03. The van der Waals surface area contributed by atoms with Crippen LogP contribution in [-0.4, -0.2) is 24.1 Å². The Hall–Kier alpha value is -0.900. The van der Waals surface area contributed by atoms with Crippen molar-refractivity contribution in [2.45, 2.75) is 32.5 Å². The lowest BCUT2D eigenvalue weighted by Gasteiger charge is -2.34. The van der Waals surface area contributed by atoms with E-state index >= 15 is 0 Å². The van der Waals surface area contributed by atoms with E-state index in [0.29, 0.717) is 6.42 Å². The third-order valence-corrected chi connectivity index (χ3v) is 4.07. The number of hydrogen-bond acceptors (Lipinski definition) is 4. The first-order chi connectivity index (χ1) is 6.51. The molecule has 0 aromatic carbocycles. The summed E-state index contributed by atoms with van der Waals surface area (Å²) < 4.78 is 10.3. The lowest BCUT2D eigenvalue weighted by atomic mass is 9.59. The van der Waals surface area contributed by atoms with Crippen molar-refractivity contribution in [2.75, 3.05) is 0 Å². The third-order valence-electron chi connectivity index (χ3n) is 4.07. The highest BCUT2D eigenvalue weighted by Crippen LogP contribution is 2.63. The van der Waals surface area contributed by atoms with Crippen molar-refractivity contribution in [3.63, 3.8) is 0 Å². The van der Waals surface area contributed by atoms with E-state index in [2.05, 4.69) is 6.42 Å². The maximum Gasteiger partial charge on any atom is 0.323 e. The summed E-state index contributed by atoms with van der Waals surface area (Å²) >= 11 is 0. The zero-order chi connectivity index (χ0) is 10.1. The van der Waals surface area contributed by atoms with Gasteiger partial charge in [0.2, 0.25) is 0 Å². The van der Waals surface area contributed by atoms with Gasteiger partial charge in [0.25, 0.3) is 0 Å². The van der Waals surface area contributed by atoms with Crippen molar-refractivity contribution >= 4 is 11.9 Å². The van der Waals surface area contributed by atoms with Crippen molar-refractivity contribution in [2.24, 2.45) is 10.8 Å². The fourth-order valence-electron chi connectivity index (χ4n) is 2.72. The summed E-state index contributed by atoms with van der Waals surface area (Å²) in [4.78, 5) is 23.3.